The van der Waals surface area contributed by atoms with Crippen LogP contribution in [-0.4, -0.2) is 41.6 Å². The lowest BCUT2D eigenvalue weighted by Gasteiger charge is -2.11. The molecule has 13 heavy (non-hydrogen) atoms. The van der Waals surface area contributed by atoms with E-state index >= 15 is 0 Å². The molecule has 0 aromatic rings. The number of hydrogen-bond donors (Lipinski definition) is 3. The second-order valence-corrected chi connectivity index (χ2v) is 2.61. The quantitative estimate of drug-likeness (QED) is 0.498. The molecule has 0 saturated carbocycles. The molecule has 6 heteroatoms. The number of carbonyl (C=O) groups is 2. The number of aliphatic hydroxyl groups is 1. The van der Waals surface area contributed by atoms with Gasteiger partial charge in [0.25, 0.3) is 0 Å². The molecule has 0 aromatic carbocycles. The van der Waals surface area contributed by atoms with Crippen molar-refractivity contribution in [3.8, 4) is 0 Å². The van der Waals surface area contributed by atoms with Gasteiger partial charge in [0.05, 0.1) is 6.61 Å². The molecule has 1 fully saturated rings. The molecule has 1 rings (SSSR count). The minimum absolute atomic E-state index is 0.0890. The average molecular weight is 189 g/mol. The van der Waals surface area contributed by atoms with Crippen molar-refractivity contribution in [2.24, 2.45) is 11.5 Å². The molecule has 0 bridgehead atoms. The molecule has 0 atom stereocenters. The molecule has 1 aliphatic rings. The van der Waals surface area contributed by atoms with Crippen molar-refractivity contribution in [1.82, 2.24) is 4.90 Å². The minimum Gasteiger partial charge on any atom is -0.395 e. The highest BCUT2D eigenvalue weighted by Crippen LogP contribution is 2.07. The van der Waals surface area contributed by atoms with Crippen molar-refractivity contribution < 1.29 is 14.7 Å². The molecule has 0 aromatic heterocycles. The molecule has 1 saturated heterocycles. The minimum atomic E-state index is -0.833. The molecule has 0 spiro atoms. The number of β-amino-alcohol motifs (C(OH)–C–C–N with tert-alkyl or cyclic N) is 1. The second kappa shape index (κ2) is 6.24. The van der Waals surface area contributed by atoms with E-state index in [1.54, 1.807) is 4.90 Å². The van der Waals surface area contributed by atoms with Crippen LogP contribution in [0.5, 0.6) is 0 Å². The molecule has 76 valence electrons. The number of nitrogens with two attached hydrogens (primary N) is 2. The maximum absolute atomic E-state index is 10.8. The van der Waals surface area contributed by atoms with Crippen LogP contribution in [0.4, 0.5) is 4.79 Å². The van der Waals surface area contributed by atoms with Crippen LogP contribution in [0.1, 0.15) is 12.8 Å². The zero-order valence-electron chi connectivity index (χ0n) is 7.40. The van der Waals surface area contributed by atoms with Gasteiger partial charge in [-0.15, -0.1) is 0 Å². The van der Waals surface area contributed by atoms with E-state index in [0.29, 0.717) is 13.0 Å². The van der Waals surface area contributed by atoms with Crippen LogP contribution in [0, 0.1) is 0 Å². The van der Waals surface area contributed by atoms with E-state index in [2.05, 4.69) is 11.5 Å². The third-order valence-corrected chi connectivity index (χ3v) is 1.54. The zero-order chi connectivity index (χ0) is 10.3. The van der Waals surface area contributed by atoms with Crippen LogP contribution in [0.2, 0.25) is 0 Å². The summed E-state index contributed by atoms with van der Waals surface area (Å²) in [6.07, 6.45) is 1.62. The Labute approximate surface area is 76.5 Å². The first kappa shape index (κ1) is 11.7. The van der Waals surface area contributed by atoms with Crippen LogP contribution >= 0.6 is 0 Å². The van der Waals surface area contributed by atoms with E-state index in [9.17, 15) is 4.79 Å². The van der Waals surface area contributed by atoms with Gasteiger partial charge >= 0.3 is 6.03 Å². The average Bonchev–Trinajstić information content (AvgIpc) is 2.36. The summed E-state index contributed by atoms with van der Waals surface area (Å²) >= 11 is 0. The standard InChI is InChI=1S/C6H11NO2.CH4N2O/c8-5-4-7-3-1-2-6(7)9;2-1(3)4/h8H,1-5H2;(H4,2,3,4). The van der Waals surface area contributed by atoms with E-state index < -0.39 is 6.03 Å². The van der Waals surface area contributed by atoms with E-state index in [1.807, 2.05) is 0 Å². The fourth-order valence-electron chi connectivity index (χ4n) is 1.06. The summed E-state index contributed by atoms with van der Waals surface area (Å²) < 4.78 is 0. The van der Waals surface area contributed by atoms with Crippen molar-refractivity contribution in [2.75, 3.05) is 19.7 Å². The Hall–Kier alpha value is -1.30. The fraction of sp³-hybridized carbons (Fsp3) is 0.714. The third kappa shape index (κ3) is 5.92. The van der Waals surface area contributed by atoms with Gasteiger partial charge in [-0.1, -0.05) is 0 Å². The fourth-order valence-corrected chi connectivity index (χ4v) is 1.06. The second-order valence-electron chi connectivity index (χ2n) is 2.61. The highest BCUT2D eigenvalue weighted by atomic mass is 16.3. The maximum Gasteiger partial charge on any atom is 0.309 e. The number of hydrogen-bond acceptors (Lipinski definition) is 3. The number of urea groups is 1. The first-order chi connectivity index (χ1) is 6.07. The van der Waals surface area contributed by atoms with Gasteiger partial charge in [0.1, 0.15) is 0 Å². The molecule has 3 amide bonds. The highest BCUT2D eigenvalue weighted by molar-refractivity contribution is 5.77. The predicted molar refractivity (Wildman–Crippen MR) is 46.7 cm³/mol. The third-order valence-electron chi connectivity index (χ3n) is 1.54. The normalized spacial score (nSPS) is 15.2. The van der Waals surface area contributed by atoms with Crippen LogP contribution in [0.15, 0.2) is 0 Å². The van der Waals surface area contributed by atoms with Crippen molar-refractivity contribution in [1.29, 1.82) is 0 Å². The topological polar surface area (TPSA) is 110 Å². The summed E-state index contributed by atoms with van der Waals surface area (Å²) in [5.41, 5.74) is 8.50. The molecular formula is C7H15N3O3. The van der Waals surface area contributed by atoms with Gasteiger partial charge in [-0.2, -0.15) is 0 Å². The smallest absolute Gasteiger partial charge is 0.309 e. The van der Waals surface area contributed by atoms with Crippen molar-refractivity contribution in [3.63, 3.8) is 0 Å². The Kier molecular flexibility index (Phi) is 5.62. The van der Waals surface area contributed by atoms with E-state index in [4.69, 9.17) is 9.90 Å². The predicted octanol–water partition coefficient (Wildman–Crippen LogP) is -1.38. The molecule has 0 unspecified atom stereocenters. The number of rotatable bonds is 2. The number of likely N-dealkylation sites (tertiary alicyclic amines) is 1. The Morgan fingerprint density at radius 2 is 2.08 bits per heavy atom. The van der Waals surface area contributed by atoms with Gasteiger partial charge in [-0.05, 0) is 6.42 Å². The molecule has 0 radical (unpaired) electrons. The van der Waals surface area contributed by atoms with Crippen molar-refractivity contribution in [3.05, 3.63) is 0 Å². The van der Waals surface area contributed by atoms with Crippen molar-refractivity contribution in [2.45, 2.75) is 12.8 Å². The number of amides is 3. The summed E-state index contributed by atoms with van der Waals surface area (Å²) in [4.78, 5) is 21.5. The molecular weight excluding hydrogens is 174 g/mol. The van der Waals surface area contributed by atoms with E-state index in [0.717, 1.165) is 13.0 Å². The summed E-state index contributed by atoms with van der Waals surface area (Å²) in [5, 5.41) is 8.45. The SMILES string of the molecule is NC(N)=O.O=C1CCCN1CCO. The van der Waals surface area contributed by atoms with Crippen LogP contribution < -0.4 is 11.5 Å². The van der Waals surface area contributed by atoms with Crippen LogP contribution in [0.25, 0.3) is 0 Å². The zero-order valence-corrected chi connectivity index (χ0v) is 7.40. The van der Waals surface area contributed by atoms with Gasteiger partial charge in [0.2, 0.25) is 5.91 Å². The first-order valence-corrected chi connectivity index (χ1v) is 4.01. The highest BCUT2D eigenvalue weighted by Gasteiger charge is 2.18. The Morgan fingerprint density at radius 1 is 1.54 bits per heavy atom. The van der Waals surface area contributed by atoms with Gasteiger partial charge in [0.15, 0.2) is 0 Å². The lowest BCUT2D eigenvalue weighted by Crippen LogP contribution is -2.27. The Bertz CT molecular complexity index is 180. The Balaban J connectivity index is 0.000000310. The number of aliphatic hydroxyl groups excluding tert-OH is 1. The maximum atomic E-state index is 10.8. The van der Waals surface area contributed by atoms with Gasteiger partial charge in [0, 0.05) is 19.5 Å². The summed E-state index contributed by atoms with van der Waals surface area (Å²) in [7, 11) is 0. The van der Waals surface area contributed by atoms with Gasteiger partial charge < -0.3 is 21.5 Å². The molecule has 1 heterocycles. The number of primary amides is 2. The van der Waals surface area contributed by atoms with Crippen LogP contribution in [0.3, 0.4) is 0 Å². The van der Waals surface area contributed by atoms with Crippen molar-refractivity contribution >= 4 is 11.9 Å². The largest absolute Gasteiger partial charge is 0.395 e. The molecule has 0 aliphatic carbocycles. The molecule has 1 aliphatic heterocycles. The summed E-state index contributed by atoms with van der Waals surface area (Å²) in [6.45, 7) is 1.43. The van der Waals surface area contributed by atoms with E-state index in [-0.39, 0.29) is 12.5 Å². The first-order valence-electron chi connectivity index (χ1n) is 4.01. The van der Waals surface area contributed by atoms with Gasteiger partial charge in [-0.25, -0.2) is 4.79 Å². The van der Waals surface area contributed by atoms with Gasteiger partial charge in [-0.3, -0.25) is 4.79 Å². The summed E-state index contributed by atoms with van der Waals surface area (Å²) in [5.74, 6) is 0.184. The summed E-state index contributed by atoms with van der Waals surface area (Å²) in [6, 6.07) is -0.833. The van der Waals surface area contributed by atoms with E-state index in [1.165, 1.54) is 0 Å². The number of nitrogens with zero attached hydrogens (tertiary/aromatic N) is 1. The molecule has 6 nitrogen and oxygen atoms in total. The van der Waals surface area contributed by atoms with Crippen LogP contribution in [-0.2, 0) is 4.79 Å². The Morgan fingerprint density at radius 3 is 2.38 bits per heavy atom. The molecule has 5 N–H and O–H groups in total. The monoisotopic (exact) mass is 189 g/mol. The lowest BCUT2D eigenvalue weighted by molar-refractivity contribution is -0.128. The lowest BCUT2D eigenvalue weighted by atomic mass is 10.4. The number of carbonyl (C=O) groups excluding carboxylic acids is 2.